The second-order valence-corrected chi connectivity index (χ2v) is 4.52. The molecule has 0 aliphatic rings. The molecule has 0 aliphatic carbocycles. The summed E-state index contributed by atoms with van der Waals surface area (Å²) in [5, 5.41) is 13.4. The summed E-state index contributed by atoms with van der Waals surface area (Å²) in [7, 11) is 0. The van der Waals surface area contributed by atoms with Gasteiger partial charge in [0, 0.05) is 12.3 Å². The molecule has 0 saturated heterocycles. The zero-order valence-corrected chi connectivity index (χ0v) is 10.0. The number of thioether (sulfide) groups is 1. The van der Waals surface area contributed by atoms with Crippen LogP contribution in [0.2, 0.25) is 5.02 Å². The minimum Gasteiger partial charge on any atom is -0.476 e. The molecular formula is C10H7ClN2O3S. The molecule has 2 heterocycles. The molecule has 7 heteroatoms. The quantitative estimate of drug-likeness (QED) is 0.861. The number of rotatable bonds is 4. The van der Waals surface area contributed by atoms with E-state index >= 15 is 0 Å². The lowest BCUT2D eigenvalue weighted by atomic mass is 10.4. The molecule has 0 amide bonds. The van der Waals surface area contributed by atoms with Gasteiger partial charge in [0.15, 0.2) is 5.69 Å². The highest BCUT2D eigenvalue weighted by molar-refractivity contribution is 7.98. The summed E-state index contributed by atoms with van der Waals surface area (Å²) in [6.45, 7) is 0. The van der Waals surface area contributed by atoms with Gasteiger partial charge in [-0.25, -0.2) is 9.78 Å². The fourth-order valence-electron chi connectivity index (χ4n) is 1.07. The molecule has 0 saturated carbocycles. The molecule has 0 atom stereocenters. The van der Waals surface area contributed by atoms with E-state index in [2.05, 4.69) is 10.1 Å². The summed E-state index contributed by atoms with van der Waals surface area (Å²) in [5.74, 6) is -0.145. The number of hydrogen-bond donors (Lipinski definition) is 1. The highest BCUT2D eigenvalue weighted by Crippen LogP contribution is 2.22. The van der Waals surface area contributed by atoms with Crippen LogP contribution < -0.4 is 0 Å². The Balaban J connectivity index is 1.97. The first-order valence-electron chi connectivity index (χ1n) is 4.58. The predicted molar refractivity (Wildman–Crippen MR) is 62.3 cm³/mol. The molecule has 0 bridgehead atoms. The summed E-state index contributed by atoms with van der Waals surface area (Å²) >= 11 is 7.11. The van der Waals surface area contributed by atoms with E-state index in [1.165, 1.54) is 17.8 Å². The molecule has 1 N–H and O–H groups in total. The van der Waals surface area contributed by atoms with Crippen LogP contribution in [-0.4, -0.2) is 21.2 Å². The second kappa shape index (κ2) is 5.20. The fourth-order valence-corrected chi connectivity index (χ4v) is 1.90. The molecule has 17 heavy (non-hydrogen) atoms. The number of aromatic nitrogens is 2. The first-order valence-corrected chi connectivity index (χ1v) is 5.95. The van der Waals surface area contributed by atoms with E-state index in [0.29, 0.717) is 16.5 Å². The van der Waals surface area contributed by atoms with Crippen LogP contribution in [0.5, 0.6) is 0 Å². The summed E-state index contributed by atoms with van der Waals surface area (Å²) in [6.07, 6.45) is 1.55. The van der Waals surface area contributed by atoms with Crippen LogP contribution in [0.15, 0.2) is 33.9 Å². The minimum absolute atomic E-state index is 0.0929. The largest absolute Gasteiger partial charge is 0.476 e. The average molecular weight is 271 g/mol. The standard InChI is InChI=1S/C10H7ClN2O3S/c11-6-1-2-9(12-4-6)17-5-7-3-8(10(14)15)13-16-7/h1-4H,5H2,(H,14,15). The zero-order chi connectivity index (χ0) is 12.3. The zero-order valence-electron chi connectivity index (χ0n) is 8.46. The highest BCUT2D eigenvalue weighted by atomic mass is 35.5. The monoisotopic (exact) mass is 270 g/mol. The van der Waals surface area contributed by atoms with Crippen LogP contribution in [0.25, 0.3) is 0 Å². The molecule has 0 fully saturated rings. The van der Waals surface area contributed by atoms with Crippen LogP contribution in [0, 0.1) is 0 Å². The molecule has 0 spiro atoms. The Bertz CT molecular complexity index is 527. The van der Waals surface area contributed by atoms with E-state index in [4.69, 9.17) is 21.2 Å². The third-order valence-corrected chi connectivity index (χ3v) is 3.03. The van der Waals surface area contributed by atoms with Gasteiger partial charge in [0.25, 0.3) is 0 Å². The molecule has 2 aromatic rings. The predicted octanol–water partition coefficient (Wildman–Crippen LogP) is 2.71. The third kappa shape index (κ3) is 3.21. The summed E-state index contributed by atoms with van der Waals surface area (Å²) in [5.41, 5.74) is -0.0929. The topological polar surface area (TPSA) is 76.2 Å². The summed E-state index contributed by atoms with van der Waals surface area (Å²) < 4.78 is 4.87. The van der Waals surface area contributed by atoms with Gasteiger partial charge in [-0.3, -0.25) is 0 Å². The van der Waals surface area contributed by atoms with E-state index in [0.717, 1.165) is 5.03 Å². The van der Waals surface area contributed by atoms with E-state index < -0.39 is 5.97 Å². The Morgan fingerprint density at radius 3 is 2.94 bits per heavy atom. The van der Waals surface area contributed by atoms with Crippen LogP contribution in [0.1, 0.15) is 16.2 Å². The van der Waals surface area contributed by atoms with Gasteiger partial charge >= 0.3 is 5.97 Å². The van der Waals surface area contributed by atoms with Gasteiger partial charge in [-0.15, -0.1) is 0 Å². The Labute approximate surface area is 106 Å². The van der Waals surface area contributed by atoms with E-state index in [-0.39, 0.29) is 5.69 Å². The van der Waals surface area contributed by atoms with E-state index in [1.807, 2.05) is 0 Å². The van der Waals surface area contributed by atoms with Crippen molar-refractivity contribution in [3.8, 4) is 0 Å². The minimum atomic E-state index is -1.10. The average Bonchev–Trinajstić information content (AvgIpc) is 2.77. The smallest absolute Gasteiger partial charge is 0.358 e. The van der Waals surface area contributed by atoms with Gasteiger partial charge < -0.3 is 9.63 Å². The van der Waals surface area contributed by atoms with Gasteiger partial charge in [-0.05, 0) is 12.1 Å². The lowest BCUT2D eigenvalue weighted by molar-refractivity contribution is 0.0685. The molecule has 5 nitrogen and oxygen atoms in total. The van der Waals surface area contributed by atoms with Gasteiger partial charge in [-0.2, -0.15) is 0 Å². The van der Waals surface area contributed by atoms with Crippen molar-refractivity contribution in [1.29, 1.82) is 0 Å². The van der Waals surface area contributed by atoms with Gasteiger partial charge in [0.05, 0.1) is 15.8 Å². The lowest BCUT2D eigenvalue weighted by Gasteiger charge is -1.97. The van der Waals surface area contributed by atoms with E-state index in [1.54, 1.807) is 18.3 Å². The summed E-state index contributed by atoms with van der Waals surface area (Å²) in [6, 6.07) is 4.91. The number of pyridine rings is 1. The van der Waals surface area contributed by atoms with Gasteiger partial charge in [0.1, 0.15) is 5.76 Å². The van der Waals surface area contributed by atoms with Crippen molar-refractivity contribution in [2.75, 3.05) is 0 Å². The highest BCUT2D eigenvalue weighted by Gasteiger charge is 2.10. The van der Waals surface area contributed by atoms with Crippen molar-refractivity contribution in [2.24, 2.45) is 0 Å². The number of carbonyl (C=O) groups is 1. The molecule has 0 unspecified atom stereocenters. The SMILES string of the molecule is O=C(O)c1cc(CSc2ccc(Cl)cn2)on1. The van der Waals surface area contributed by atoms with Crippen LogP contribution in [0.4, 0.5) is 0 Å². The Morgan fingerprint density at radius 2 is 2.35 bits per heavy atom. The number of carboxylic acids is 1. The first kappa shape index (κ1) is 11.9. The maximum Gasteiger partial charge on any atom is 0.358 e. The van der Waals surface area contributed by atoms with Gasteiger partial charge in [-0.1, -0.05) is 28.5 Å². The van der Waals surface area contributed by atoms with Crippen molar-refractivity contribution in [2.45, 2.75) is 10.8 Å². The number of hydrogen-bond acceptors (Lipinski definition) is 5. The Kier molecular flexibility index (Phi) is 3.65. The number of carboxylic acid groups (broad SMARTS) is 1. The van der Waals surface area contributed by atoms with Crippen molar-refractivity contribution in [1.82, 2.24) is 10.1 Å². The van der Waals surface area contributed by atoms with Crippen LogP contribution in [-0.2, 0) is 5.75 Å². The molecule has 0 radical (unpaired) electrons. The molecule has 2 aromatic heterocycles. The maximum absolute atomic E-state index is 10.6. The molecule has 88 valence electrons. The molecule has 2 rings (SSSR count). The maximum atomic E-state index is 10.6. The van der Waals surface area contributed by atoms with Crippen molar-refractivity contribution < 1.29 is 14.4 Å². The first-order chi connectivity index (χ1) is 8.15. The lowest BCUT2D eigenvalue weighted by Crippen LogP contribution is -1.94. The second-order valence-electron chi connectivity index (χ2n) is 3.09. The molecule has 0 aliphatic heterocycles. The van der Waals surface area contributed by atoms with Crippen molar-refractivity contribution >= 4 is 29.3 Å². The van der Waals surface area contributed by atoms with Crippen LogP contribution >= 0.6 is 23.4 Å². The van der Waals surface area contributed by atoms with E-state index in [9.17, 15) is 4.79 Å². The molecular weight excluding hydrogens is 264 g/mol. The number of nitrogens with zero attached hydrogens (tertiary/aromatic N) is 2. The fraction of sp³-hybridized carbons (Fsp3) is 0.100. The third-order valence-electron chi connectivity index (χ3n) is 1.84. The number of halogens is 1. The normalized spacial score (nSPS) is 10.4. The number of aromatic carboxylic acids is 1. The Hall–Kier alpha value is -1.53. The Morgan fingerprint density at radius 1 is 1.53 bits per heavy atom. The van der Waals surface area contributed by atoms with Crippen LogP contribution in [0.3, 0.4) is 0 Å². The van der Waals surface area contributed by atoms with Crippen molar-refractivity contribution in [3.05, 3.63) is 40.9 Å². The van der Waals surface area contributed by atoms with Gasteiger partial charge in [0.2, 0.25) is 0 Å². The van der Waals surface area contributed by atoms with Crippen molar-refractivity contribution in [3.63, 3.8) is 0 Å². The summed E-state index contributed by atoms with van der Waals surface area (Å²) in [4.78, 5) is 14.7. The molecule has 0 aromatic carbocycles.